The highest BCUT2D eigenvalue weighted by Gasteiger charge is 2.33. The van der Waals surface area contributed by atoms with Crippen molar-refractivity contribution in [1.29, 1.82) is 0 Å². The number of hydrogen-bond acceptors (Lipinski definition) is 4. The molecular formula is C13H15BrN2O2S. The van der Waals surface area contributed by atoms with Crippen molar-refractivity contribution in [3.63, 3.8) is 0 Å². The van der Waals surface area contributed by atoms with Crippen LogP contribution >= 0.6 is 27.7 Å². The molecule has 0 aliphatic carbocycles. The van der Waals surface area contributed by atoms with Gasteiger partial charge in [0.15, 0.2) is 5.12 Å². The lowest BCUT2D eigenvalue weighted by atomic mass is 10.1. The summed E-state index contributed by atoms with van der Waals surface area (Å²) in [7, 11) is 0. The molecule has 1 aromatic carbocycles. The topological polar surface area (TPSA) is 63.4 Å². The number of thioether (sulfide) groups is 1. The number of nitrogen functional groups attached to an aromatic ring is 1. The molecule has 4 nitrogen and oxygen atoms in total. The minimum absolute atomic E-state index is 0.0166. The first-order valence-corrected chi connectivity index (χ1v) is 7.59. The minimum atomic E-state index is 0.0166. The van der Waals surface area contributed by atoms with Crippen LogP contribution in [0.1, 0.15) is 18.9 Å². The fourth-order valence-corrected chi connectivity index (χ4v) is 3.66. The fourth-order valence-electron chi connectivity index (χ4n) is 2.18. The summed E-state index contributed by atoms with van der Waals surface area (Å²) in [6, 6.07) is 3.77. The molecule has 1 atom stereocenters. The van der Waals surface area contributed by atoms with E-state index in [1.54, 1.807) is 4.90 Å². The predicted octanol–water partition coefficient (Wildman–Crippen LogP) is 2.72. The Labute approximate surface area is 124 Å². The van der Waals surface area contributed by atoms with Gasteiger partial charge in [-0.15, -0.1) is 0 Å². The zero-order valence-electron chi connectivity index (χ0n) is 10.8. The first-order chi connectivity index (χ1) is 8.88. The van der Waals surface area contributed by atoms with Crippen LogP contribution in [-0.4, -0.2) is 22.8 Å². The Hall–Kier alpha value is -1.01. The maximum Gasteiger partial charge on any atom is 0.228 e. The summed E-state index contributed by atoms with van der Waals surface area (Å²) in [6.07, 6.45) is 0.384. The fraction of sp³-hybridized carbons (Fsp3) is 0.385. The van der Waals surface area contributed by atoms with Crippen LogP contribution in [0, 0.1) is 6.92 Å². The van der Waals surface area contributed by atoms with Crippen molar-refractivity contribution in [2.45, 2.75) is 25.5 Å². The average Bonchev–Trinajstić information content (AvgIpc) is 2.63. The van der Waals surface area contributed by atoms with Crippen molar-refractivity contribution in [2.75, 3.05) is 17.2 Å². The average molecular weight is 343 g/mol. The molecule has 0 saturated carbocycles. The lowest BCUT2D eigenvalue weighted by Crippen LogP contribution is -2.26. The third kappa shape index (κ3) is 3.12. The van der Waals surface area contributed by atoms with Crippen LogP contribution in [0.3, 0.4) is 0 Å². The normalized spacial score (nSPS) is 19.0. The van der Waals surface area contributed by atoms with Crippen LogP contribution in [0.25, 0.3) is 0 Å². The monoisotopic (exact) mass is 342 g/mol. The first kappa shape index (κ1) is 14.4. The van der Waals surface area contributed by atoms with Crippen molar-refractivity contribution in [1.82, 2.24) is 0 Å². The van der Waals surface area contributed by atoms with Crippen LogP contribution < -0.4 is 10.6 Å². The molecule has 1 fully saturated rings. The van der Waals surface area contributed by atoms with E-state index in [0.717, 1.165) is 15.7 Å². The summed E-state index contributed by atoms with van der Waals surface area (Å²) < 4.78 is 0.893. The summed E-state index contributed by atoms with van der Waals surface area (Å²) in [5.74, 6) is 0.0166. The molecule has 1 aliphatic rings. The van der Waals surface area contributed by atoms with Crippen molar-refractivity contribution >= 4 is 50.1 Å². The smallest absolute Gasteiger partial charge is 0.228 e. The molecule has 102 valence electrons. The Balaban J connectivity index is 2.28. The van der Waals surface area contributed by atoms with Crippen molar-refractivity contribution in [3.8, 4) is 0 Å². The van der Waals surface area contributed by atoms with Crippen LogP contribution in [0.4, 0.5) is 11.4 Å². The van der Waals surface area contributed by atoms with E-state index >= 15 is 0 Å². The number of rotatable bonds is 2. The molecule has 2 N–H and O–H groups in total. The lowest BCUT2D eigenvalue weighted by Gasteiger charge is -2.20. The van der Waals surface area contributed by atoms with Gasteiger partial charge in [-0.1, -0.05) is 27.7 Å². The van der Waals surface area contributed by atoms with Gasteiger partial charge in [0.05, 0.1) is 11.4 Å². The molecule has 19 heavy (non-hydrogen) atoms. The second-order valence-corrected chi connectivity index (χ2v) is 6.99. The molecule has 1 amide bonds. The van der Waals surface area contributed by atoms with Crippen molar-refractivity contribution in [3.05, 3.63) is 22.2 Å². The maximum absolute atomic E-state index is 12.1. The molecule has 1 heterocycles. The highest BCUT2D eigenvalue weighted by molar-refractivity contribution is 9.10. The number of nitrogens with zero attached hydrogens (tertiary/aromatic N) is 1. The number of halogens is 1. The third-order valence-corrected chi connectivity index (χ3v) is 4.48. The van der Waals surface area contributed by atoms with Gasteiger partial charge in [-0.25, -0.2) is 0 Å². The molecule has 1 aromatic rings. The van der Waals surface area contributed by atoms with Gasteiger partial charge < -0.3 is 10.6 Å². The standard InChI is InChI=1S/C13H15BrN2O2S/c1-7-3-9(14)4-11(13(7)15)16-6-10(5-12(16)18)19-8(2)17/h3-4,10H,5-6,15H2,1-2H3. The lowest BCUT2D eigenvalue weighted by molar-refractivity contribution is -0.117. The summed E-state index contributed by atoms with van der Waals surface area (Å²) >= 11 is 4.64. The van der Waals surface area contributed by atoms with Gasteiger partial charge in [-0.2, -0.15) is 0 Å². The number of carbonyl (C=O) groups is 2. The Morgan fingerprint density at radius 2 is 2.21 bits per heavy atom. The highest BCUT2D eigenvalue weighted by atomic mass is 79.9. The Morgan fingerprint density at radius 3 is 2.84 bits per heavy atom. The van der Waals surface area contributed by atoms with Crippen molar-refractivity contribution < 1.29 is 9.59 Å². The number of hydrogen-bond donors (Lipinski definition) is 1. The molecule has 1 aliphatic heterocycles. The largest absolute Gasteiger partial charge is 0.397 e. The molecule has 6 heteroatoms. The quantitative estimate of drug-likeness (QED) is 0.839. The van der Waals surface area contributed by atoms with Gasteiger partial charge in [0, 0.05) is 29.6 Å². The van der Waals surface area contributed by atoms with E-state index in [9.17, 15) is 9.59 Å². The Morgan fingerprint density at radius 1 is 1.53 bits per heavy atom. The molecule has 2 rings (SSSR count). The molecule has 0 aromatic heterocycles. The third-order valence-electron chi connectivity index (χ3n) is 3.04. The Kier molecular flexibility index (Phi) is 4.20. The SMILES string of the molecule is CC(=O)SC1CC(=O)N(c2cc(Br)cc(C)c2N)C1. The zero-order chi connectivity index (χ0) is 14.2. The predicted molar refractivity (Wildman–Crippen MR) is 82.3 cm³/mol. The van der Waals surface area contributed by atoms with E-state index in [-0.39, 0.29) is 16.3 Å². The number of benzene rings is 1. The van der Waals surface area contributed by atoms with Crippen LogP contribution in [0.5, 0.6) is 0 Å². The van der Waals surface area contributed by atoms with E-state index in [0.29, 0.717) is 18.7 Å². The maximum atomic E-state index is 12.1. The van der Waals surface area contributed by atoms with Gasteiger partial charge in [-0.3, -0.25) is 9.59 Å². The van der Waals surface area contributed by atoms with Gasteiger partial charge in [0.1, 0.15) is 0 Å². The minimum Gasteiger partial charge on any atom is -0.397 e. The van der Waals surface area contributed by atoms with Crippen LogP contribution in [-0.2, 0) is 9.59 Å². The second kappa shape index (κ2) is 5.54. The van der Waals surface area contributed by atoms with Crippen LogP contribution in [0.2, 0.25) is 0 Å². The highest BCUT2D eigenvalue weighted by Crippen LogP contribution is 2.35. The summed E-state index contributed by atoms with van der Waals surface area (Å²) in [6.45, 7) is 3.96. The molecule has 0 spiro atoms. The second-order valence-electron chi connectivity index (χ2n) is 4.60. The summed E-state index contributed by atoms with van der Waals surface area (Å²) in [4.78, 5) is 24.9. The van der Waals surface area contributed by atoms with E-state index in [1.165, 1.54) is 18.7 Å². The number of amides is 1. The number of carbonyl (C=O) groups excluding carboxylic acids is 2. The van der Waals surface area contributed by atoms with Gasteiger partial charge in [0.25, 0.3) is 0 Å². The van der Waals surface area contributed by atoms with Crippen LogP contribution in [0.15, 0.2) is 16.6 Å². The van der Waals surface area contributed by atoms with E-state index in [4.69, 9.17) is 5.73 Å². The number of anilines is 2. The molecule has 1 unspecified atom stereocenters. The van der Waals surface area contributed by atoms with Gasteiger partial charge in [-0.05, 0) is 24.6 Å². The zero-order valence-corrected chi connectivity index (χ0v) is 13.2. The molecular weight excluding hydrogens is 328 g/mol. The van der Waals surface area contributed by atoms with E-state index < -0.39 is 0 Å². The van der Waals surface area contributed by atoms with Gasteiger partial charge >= 0.3 is 0 Å². The molecule has 0 bridgehead atoms. The van der Waals surface area contributed by atoms with Crippen molar-refractivity contribution in [2.24, 2.45) is 0 Å². The first-order valence-electron chi connectivity index (χ1n) is 5.91. The van der Waals surface area contributed by atoms with E-state index in [1.807, 2.05) is 19.1 Å². The number of nitrogens with two attached hydrogens (primary N) is 1. The molecule has 1 saturated heterocycles. The Bertz CT molecular complexity index is 548. The molecule has 0 radical (unpaired) electrons. The van der Waals surface area contributed by atoms with E-state index in [2.05, 4.69) is 15.9 Å². The van der Waals surface area contributed by atoms with Gasteiger partial charge in [0.2, 0.25) is 5.91 Å². The summed E-state index contributed by atoms with van der Waals surface area (Å²) in [5, 5.41) is 0.0572. The summed E-state index contributed by atoms with van der Waals surface area (Å²) in [5.41, 5.74) is 8.32. The number of aryl methyl sites for hydroxylation is 1.